The molecule has 0 spiro atoms. The molecule has 2 heterocycles. The van der Waals surface area contributed by atoms with Gasteiger partial charge in [0.05, 0.1) is 5.41 Å². The Kier molecular flexibility index (Phi) is 3.18. The van der Waals surface area contributed by atoms with Gasteiger partial charge in [-0.2, -0.15) is 4.98 Å². The SMILES string of the molecule is CNC(=O)C(C)(C)CNc1nc2ccccn2n1. The highest BCUT2D eigenvalue weighted by atomic mass is 16.2. The maximum absolute atomic E-state index is 11.6. The number of anilines is 1. The minimum atomic E-state index is -0.508. The van der Waals surface area contributed by atoms with Crippen LogP contribution in [0.25, 0.3) is 5.65 Å². The number of nitrogens with one attached hydrogen (secondary N) is 2. The molecule has 0 aliphatic heterocycles. The first-order valence-corrected chi connectivity index (χ1v) is 5.80. The Bertz CT molecular complexity index is 527. The summed E-state index contributed by atoms with van der Waals surface area (Å²) in [5.41, 5.74) is 0.268. The zero-order chi connectivity index (χ0) is 13.2. The Morgan fingerprint density at radius 1 is 1.44 bits per heavy atom. The molecule has 2 rings (SSSR count). The summed E-state index contributed by atoms with van der Waals surface area (Å²) in [5, 5.41) is 9.99. The van der Waals surface area contributed by atoms with Gasteiger partial charge in [0, 0.05) is 19.8 Å². The number of rotatable bonds is 4. The standard InChI is InChI=1S/C12H17N5O/c1-12(2,10(18)13-3)8-14-11-15-9-6-4-5-7-17(9)16-11/h4-7H,8H2,1-3H3,(H,13,18)(H,14,16). The summed E-state index contributed by atoms with van der Waals surface area (Å²) in [6.45, 7) is 4.22. The Morgan fingerprint density at radius 3 is 2.89 bits per heavy atom. The van der Waals surface area contributed by atoms with Crippen LogP contribution in [0.15, 0.2) is 24.4 Å². The molecule has 6 nitrogen and oxygen atoms in total. The average Bonchev–Trinajstić information content (AvgIpc) is 2.78. The quantitative estimate of drug-likeness (QED) is 0.842. The molecule has 96 valence electrons. The molecule has 0 bridgehead atoms. The van der Waals surface area contributed by atoms with E-state index in [-0.39, 0.29) is 5.91 Å². The van der Waals surface area contributed by atoms with Crippen molar-refractivity contribution >= 4 is 17.5 Å². The molecule has 0 aliphatic carbocycles. The monoisotopic (exact) mass is 247 g/mol. The van der Waals surface area contributed by atoms with Crippen molar-refractivity contribution < 1.29 is 4.79 Å². The molecule has 0 atom stereocenters. The molecule has 2 N–H and O–H groups in total. The van der Waals surface area contributed by atoms with Crippen LogP contribution in [0.2, 0.25) is 0 Å². The molecular formula is C12H17N5O. The second kappa shape index (κ2) is 4.64. The molecular weight excluding hydrogens is 230 g/mol. The third kappa shape index (κ3) is 2.42. The minimum Gasteiger partial charge on any atom is -0.359 e. The fourth-order valence-electron chi connectivity index (χ4n) is 1.63. The van der Waals surface area contributed by atoms with Crippen molar-refractivity contribution in [2.45, 2.75) is 13.8 Å². The van der Waals surface area contributed by atoms with E-state index in [0.717, 1.165) is 5.65 Å². The molecule has 1 amide bonds. The van der Waals surface area contributed by atoms with Gasteiger partial charge in [-0.1, -0.05) is 6.07 Å². The summed E-state index contributed by atoms with van der Waals surface area (Å²) in [5.74, 6) is 0.511. The molecule has 2 aromatic heterocycles. The molecule has 0 aliphatic rings. The highest BCUT2D eigenvalue weighted by Crippen LogP contribution is 2.15. The second-order valence-corrected chi connectivity index (χ2v) is 4.76. The number of amides is 1. The molecule has 0 saturated heterocycles. The summed E-state index contributed by atoms with van der Waals surface area (Å²) in [7, 11) is 1.63. The number of fused-ring (bicyclic) bond motifs is 1. The van der Waals surface area contributed by atoms with E-state index in [4.69, 9.17) is 0 Å². The normalized spacial score (nSPS) is 11.5. The first-order valence-electron chi connectivity index (χ1n) is 5.80. The van der Waals surface area contributed by atoms with Gasteiger partial charge in [0.25, 0.3) is 0 Å². The molecule has 0 fully saturated rings. The summed E-state index contributed by atoms with van der Waals surface area (Å²) in [4.78, 5) is 15.9. The van der Waals surface area contributed by atoms with Crippen LogP contribution in [0.3, 0.4) is 0 Å². The molecule has 0 radical (unpaired) electrons. The summed E-state index contributed by atoms with van der Waals surface area (Å²) >= 11 is 0. The van der Waals surface area contributed by atoms with E-state index in [2.05, 4.69) is 20.7 Å². The number of nitrogens with zero attached hydrogens (tertiary/aromatic N) is 3. The van der Waals surface area contributed by atoms with Gasteiger partial charge in [-0.05, 0) is 26.0 Å². The Morgan fingerprint density at radius 2 is 2.22 bits per heavy atom. The van der Waals surface area contributed by atoms with Gasteiger partial charge in [0.2, 0.25) is 11.9 Å². The highest BCUT2D eigenvalue weighted by molar-refractivity contribution is 5.82. The number of aromatic nitrogens is 3. The van der Waals surface area contributed by atoms with Crippen LogP contribution in [0.4, 0.5) is 5.95 Å². The van der Waals surface area contributed by atoms with E-state index >= 15 is 0 Å². The second-order valence-electron chi connectivity index (χ2n) is 4.76. The van der Waals surface area contributed by atoms with Gasteiger partial charge in [-0.25, -0.2) is 4.52 Å². The predicted octanol–water partition coefficient (Wildman–Crippen LogP) is 0.913. The fraction of sp³-hybridized carbons (Fsp3) is 0.417. The maximum Gasteiger partial charge on any atom is 0.243 e. The molecule has 6 heteroatoms. The van der Waals surface area contributed by atoms with Crippen LogP contribution < -0.4 is 10.6 Å². The molecule has 0 unspecified atom stereocenters. The van der Waals surface area contributed by atoms with E-state index in [9.17, 15) is 4.79 Å². The molecule has 0 saturated carbocycles. The van der Waals surface area contributed by atoms with Gasteiger partial charge in [0.15, 0.2) is 5.65 Å². The topological polar surface area (TPSA) is 71.3 Å². The lowest BCUT2D eigenvalue weighted by Gasteiger charge is -2.22. The Balaban J connectivity index is 2.08. The summed E-state index contributed by atoms with van der Waals surface area (Å²) < 4.78 is 1.69. The largest absolute Gasteiger partial charge is 0.359 e. The van der Waals surface area contributed by atoms with Gasteiger partial charge >= 0.3 is 0 Å². The van der Waals surface area contributed by atoms with E-state index in [1.807, 2.05) is 38.2 Å². The van der Waals surface area contributed by atoms with Gasteiger partial charge in [0.1, 0.15) is 0 Å². The lowest BCUT2D eigenvalue weighted by Crippen LogP contribution is -2.39. The predicted molar refractivity (Wildman–Crippen MR) is 69.3 cm³/mol. The van der Waals surface area contributed by atoms with Crippen molar-refractivity contribution in [3.63, 3.8) is 0 Å². The molecule has 2 aromatic rings. The van der Waals surface area contributed by atoms with Crippen LogP contribution in [0.5, 0.6) is 0 Å². The van der Waals surface area contributed by atoms with Crippen LogP contribution in [0, 0.1) is 5.41 Å². The highest BCUT2D eigenvalue weighted by Gasteiger charge is 2.26. The van der Waals surface area contributed by atoms with Crippen LogP contribution >= 0.6 is 0 Å². The van der Waals surface area contributed by atoms with Crippen LogP contribution in [-0.2, 0) is 4.79 Å². The first kappa shape index (κ1) is 12.3. The number of carbonyl (C=O) groups excluding carboxylic acids is 1. The van der Waals surface area contributed by atoms with E-state index in [0.29, 0.717) is 12.5 Å². The van der Waals surface area contributed by atoms with Gasteiger partial charge < -0.3 is 10.6 Å². The van der Waals surface area contributed by atoms with E-state index in [1.165, 1.54) is 0 Å². The summed E-state index contributed by atoms with van der Waals surface area (Å²) in [6.07, 6.45) is 1.83. The Hall–Kier alpha value is -2.11. The smallest absolute Gasteiger partial charge is 0.243 e. The lowest BCUT2D eigenvalue weighted by atomic mass is 9.92. The number of hydrogen-bond donors (Lipinski definition) is 2. The zero-order valence-electron chi connectivity index (χ0n) is 10.8. The van der Waals surface area contributed by atoms with E-state index in [1.54, 1.807) is 11.6 Å². The maximum atomic E-state index is 11.6. The van der Waals surface area contributed by atoms with Gasteiger partial charge in [-0.15, -0.1) is 5.10 Å². The molecule has 0 aromatic carbocycles. The van der Waals surface area contributed by atoms with Crippen LogP contribution in [0.1, 0.15) is 13.8 Å². The fourth-order valence-corrected chi connectivity index (χ4v) is 1.63. The van der Waals surface area contributed by atoms with Crippen molar-refractivity contribution in [3.8, 4) is 0 Å². The van der Waals surface area contributed by atoms with Crippen LogP contribution in [-0.4, -0.2) is 34.1 Å². The number of hydrogen-bond acceptors (Lipinski definition) is 4. The van der Waals surface area contributed by atoms with Gasteiger partial charge in [-0.3, -0.25) is 4.79 Å². The van der Waals surface area contributed by atoms with E-state index < -0.39 is 5.41 Å². The summed E-state index contributed by atoms with van der Waals surface area (Å²) in [6, 6.07) is 5.67. The average molecular weight is 247 g/mol. The molecule has 18 heavy (non-hydrogen) atoms. The lowest BCUT2D eigenvalue weighted by molar-refractivity contribution is -0.128. The van der Waals surface area contributed by atoms with Crippen molar-refractivity contribution in [3.05, 3.63) is 24.4 Å². The van der Waals surface area contributed by atoms with Crippen molar-refractivity contribution in [2.24, 2.45) is 5.41 Å². The van der Waals surface area contributed by atoms with Crippen molar-refractivity contribution in [2.75, 3.05) is 18.9 Å². The number of pyridine rings is 1. The third-order valence-corrected chi connectivity index (χ3v) is 2.77. The first-order chi connectivity index (χ1) is 8.53. The number of carbonyl (C=O) groups is 1. The third-order valence-electron chi connectivity index (χ3n) is 2.77. The van der Waals surface area contributed by atoms with Crippen molar-refractivity contribution in [1.29, 1.82) is 0 Å². The minimum absolute atomic E-state index is 0.0150. The van der Waals surface area contributed by atoms with Crippen molar-refractivity contribution in [1.82, 2.24) is 19.9 Å². The Labute approximate surface area is 105 Å². The zero-order valence-corrected chi connectivity index (χ0v) is 10.8.